The summed E-state index contributed by atoms with van der Waals surface area (Å²) in [5.74, 6) is -0.918. The van der Waals surface area contributed by atoms with Gasteiger partial charge in [-0.2, -0.15) is 0 Å². The van der Waals surface area contributed by atoms with Gasteiger partial charge in [-0.3, -0.25) is 0 Å². The molecular formula is C10H14N2O2. The summed E-state index contributed by atoms with van der Waals surface area (Å²) in [5, 5.41) is 14.9. The van der Waals surface area contributed by atoms with Gasteiger partial charge in [0, 0.05) is 13.6 Å². The van der Waals surface area contributed by atoms with Crippen LogP contribution in [0.1, 0.15) is 17.3 Å². The monoisotopic (exact) mass is 194 g/mol. The SMILES string of the molecule is CCNc1c(NC)cccc1C(=O)O. The molecule has 4 heteroatoms. The van der Waals surface area contributed by atoms with Crippen LogP contribution in [0.4, 0.5) is 11.4 Å². The van der Waals surface area contributed by atoms with Crippen LogP contribution in [0.2, 0.25) is 0 Å². The van der Waals surface area contributed by atoms with Crippen LogP contribution in [0, 0.1) is 0 Å². The first kappa shape index (κ1) is 10.4. The van der Waals surface area contributed by atoms with Gasteiger partial charge in [-0.1, -0.05) is 6.07 Å². The summed E-state index contributed by atoms with van der Waals surface area (Å²) in [6, 6.07) is 5.14. The van der Waals surface area contributed by atoms with Crippen LogP contribution in [-0.4, -0.2) is 24.7 Å². The summed E-state index contributed by atoms with van der Waals surface area (Å²) in [7, 11) is 1.77. The highest BCUT2D eigenvalue weighted by Gasteiger charge is 2.11. The number of hydrogen-bond acceptors (Lipinski definition) is 3. The van der Waals surface area contributed by atoms with Crippen LogP contribution in [-0.2, 0) is 0 Å². The molecule has 0 bridgehead atoms. The van der Waals surface area contributed by atoms with E-state index in [0.717, 1.165) is 5.69 Å². The van der Waals surface area contributed by atoms with Crippen LogP contribution >= 0.6 is 0 Å². The van der Waals surface area contributed by atoms with E-state index in [9.17, 15) is 4.79 Å². The minimum atomic E-state index is -0.918. The zero-order valence-electron chi connectivity index (χ0n) is 8.29. The zero-order chi connectivity index (χ0) is 10.6. The molecule has 0 atom stereocenters. The van der Waals surface area contributed by atoms with Crippen molar-refractivity contribution in [1.29, 1.82) is 0 Å². The summed E-state index contributed by atoms with van der Waals surface area (Å²) in [5.41, 5.74) is 1.73. The molecule has 1 aromatic rings. The van der Waals surface area contributed by atoms with E-state index in [-0.39, 0.29) is 0 Å². The van der Waals surface area contributed by atoms with Gasteiger partial charge >= 0.3 is 5.97 Å². The highest BCUT2D eigenvalue weighted by atomic mass is 16.4. The molecule has 0 unspecified atom stereocenters. The molecule has 0 aliphatic heterocycles. The molecular weight excluding hydrogens is 180 g/mol. The molecule has 0 aliphatic carbocycles. The molecule has 0 saturated heterocycles. The third kappa shape index (κ3) is 1.96. The maximum absolute atomic E-state index is 10.9. The molecule has 4 nitrogen and oxygen atoms in total. The lowest BCUT2D eigenvalue weighted by molar-refractivity contribution is 0.0698. The van der Waals surface area contributed by atoms with Crippen LogP contribution in [0.5, 0.6) is 0 Å². The molecule has 76 valence electrons. The summed E-state index contributed by atoms with van der Waals surface area (Å²) >= 11 is 0. The maximum atomic E-state index is 10.9. The highest BCUT2D eigenvalue weighted by Crippen LogP contribution is 2.25. The Bertz CT molecular complexity index is 337. The highest BCUT2D eigenvalue weighted by molar-refractivity contribution is 5.97. The molecule has 0 fully saturated rings. The van der Waals surface area contributed by atoms with Gasteiger partial charge in [-0.15, -0.1) is 0 Å². The van der Waals surface area contributed by atoms with Crippen LogP contribution in [0.15, 0.2) is 18.2 Å². The maximum Gasteiger partial charge on any atom is 0.337 e. The summed E-state index contributed by atoms with van der Waals surface area (Å²) in [6.45, 7) is 2.62. The third-order valence-corrected chi connectivity index (χ3v) is 1.92. The van der Waals surface area contributed by atoms with E-state index in [2.05, 4.69) is 10.6 Å². The third-order valence-electron chi connectivity index (χ3n) is 1.92. The summed E-state index contributed by atoms with van der Waals surface area (Å²) in [6.07, 6.45) is 0. The average molecular weight is 194 g/mol. The van der Waals surface area contributed by atoms with Crippen molar-refractivity contribution in [2.45, 2.75) is 6.92 Å². The van der Waals surface area contributed by atoms with Crippen molar-refractivity contribution in [3.63, 3.8) is 0 Å². The molecule has 1 rings (SSSR count). The van der Waals surface area contributed by atoms with Gasteiger partial charge in [0.05, 0.1) is 16.9 Å². The number of benzene rings is 1. The van der Waals surface area contributed by atoms with E-state index in [1.165, 1.54) is 0 Å². The molecule has 3 N–H and O–H groups in total. The largest absolute Gasteiger partial charge is 0.478 e. The Morgan fingerprint density at radius 2 is 2.21 bits per heavy atom. The van der Waals surface area contributed by atoms with Crippen molar-refractivity contribution in [2.24, 2.45) is 0 Å². The van der Waals surface area contributed by atoms with Gasteiger partial charge in [0.2, 0.25) is 0 Å². The number of carboxylic acids is 1. The topological polar surface area (TPSA) is 61.4 Å². The lowest BCUT2D eigenvalue weighted by Gasteiger charge is -2.12. The fraction of sp³-hybridized carbons (Fsp3) is 0.300. The van der Waals surface area contributed by atoms with E-state index < -0.39 is 5.97 Å². The normalized spacial score (nSPS) is 9.57. The van der Waals surface area contributed by atoms with Gasteiger partial charge in [-0.25, -0.2) is 4.79 Å². The van der Waals surface area contributed by atoms with E-state index in [0.29, 0.717) is 17.8 Å². The molecule has 14 heavy (non-hydrogen) atoms. The number of carboxylic acid groups (broad SMARTS) is 1. The fourth-order valence-corrected chi connectivity index (χ4v) is 1.31. The van der Waals surface area contributed by atoms with Crippen molar-refractivity contribution in [1.82, 2.24) is 0 Å². The van der Waals surface area contributed by atoms with Crippen molar-refractivity contribution in [3.05, 3.63) is 23.8 Å². The average Bonchev–Trinajstić information content (AvgIpc) is 2.18. The quantitative estimate of drug-likeness (QED) is 0.684. The molecule has 0 aliphatic rings. The summed E-state index contributed by atoms with van der Waals surface area (Å²) in [4.78, 5) is 10.9. The molecule has 0 radical (unpaired) electrons. The minimum Gasteiger partial charge on any atom is -0.478 e. The van der Waals surface area contributed by atoms with E-state index in [4.69, 9.17) is 5.11 Å². The van der Waals surface area contributed by atoms with Crippen LogP contribution in [0.25, 0.3) is 0 Å². The standard InChI is InChI=1S/C10H14N2O2/c1-3-12-9-7(10(13)14)5-4-6-8(9)11-2/h4-6,11-12H,3H2,1-2H3,(H,13,14). The zero-order valence-corrected chi connectivity index (χ0v) is 8.29. The first-order valence-electron chi connectivity index (χ1n) is 4.48. The van der Waals surface area contributed by atoms with Gasteiger partial charge in [0.15, 0.2) is 0 Å². The Kier molecular flexibility index (Phi) is 3.34. The molecule has 0 saturated carbocycles. The van der Waals surface area contributed by atoms with E-state index in [1.807, 2.05) is 13.0 Å². The van der Waals surface area contributed by atoms with Gasteiger partial charge in [-0.05, 0) is 19.1 Å². The predicted molar refractivity (Wildman–Crippen MR) is 57.1 cm³/mol. The van der Waals surface area contributed by atoms with Crippen molar-refractivity contribution in [2.75, 3.05) is 24.2 Å². The number of nitrogens with one attached hydrogen (secondary N) is 2. The Balaban J connectivity index is 3.20. The fourth-order valence-electron chi connectivity index (χ4n) is 1.31. The molecule has 1 aromatic carbocycles. The van der Waals surface area contributed by atoms with Gasteiger partial charge < -0.3 is 15.7 Å². The number of carbonyl (C=O) groups is 1. The molecule has 0 aromatic heterocycles. The molecule has 0 amide bonds. The second-order valence-corrected chi connectivity index (χ2v) is 2.81. The first-order chi connectivity index (χ1) is 6.70. The lowest BCUT2D eigenvalue weighted by atomic mass is 10.1. The number of hydrogen-bond donors (Lipinski definition) is 3. The van der Waals surface area contributed by atoms with E-state index in [1.54, 1.807) is 19.2 Å². The van der Waals surface area contributed by atoms with E-state index >= 15 is 0 Å². The number of anilines is 2. The van der Waals surface area contributed by atoms with Gasteiger partial charge in [0.1, 0.15) is 0 Å². The van der Waals surface area contributed by atoms with Crippen molar-refractivity contribution < 1.29 is 9.90 Å². The Hall–Kier alpha value is -1.71. The van der Waals surface area contributed by atoms with Crippen molar-refractivity contribution >= 4 is 17.3 Å². The number of rotatable bonds is 4. The Morgan fingerprint density at radius 3 is 2.71 bits per heavy atom. The number of aromatic carboxylic acids is 1. The van der Waals surface area contributed by atoms with Crippen molar-refractivity contribution in [3.8, 4) is 0 Å². The minimum absolute atomic E-state index is 0.290. The molecule has 0 spiro atoms. The smallest absolute Gasteiger partial charge is 0.337 e. The predicted octanol–water partition coefficient (Wildman–Crippen LogP) is 1.86. The summed E-state index contributed by atoms with van der Waals surface area (Å²) < 4.78 is 0. The second kappa shape index (κ2) is 4.50. The van der Waals surface area contributed by atoms with Gasteiger partial charge in [0.25, 0.3) is 0 Å². The van der Waals surface area contributed by atoms with Crippen LogP contribution < -0.4 is 10.6 Å². The first-order valence-corrected chi connectivity index (χ1v) is 4.48. The second-order valence-electron chi connectivity index (χ2n) is 2.81. The lowest BCUT2D eigenvalue weighted by Crippen LogP contribution is -2.08. The number of para-hydroxylation sites is 1. The van der Waals surface area contributed by atoms with Crippen LogP contribution in [0.3, 0.4) is 0 Å². The molecule has 0 heterocycles. The Labute approximate surface area is 82.9 Å². The Morgan fingerprint density at radius 1 is 1.50 bits per heavy atom.